The second-order valence-corrected chi connectivity index (χ2v) is 2.77. The summed E-state index contributed by atoms with van der Waals surface area (Å²) in [6.07, 6.45) is 3.65. The van der Waals surface area contributed by atoms with Crippen molar-refractivity contribution in [3.8, 4) is 0 Å². The standard InChI is InChI=1S/C8H18N2O2/c1-12-8(11)7(10)5-3-2-4-6-9/h7H,2-6,9-10H2,1H3. The maximum Gasteiger partial charge on any atom is 0.322 e. The fraction of sp³-hybridized carbons (Fsp3) is 0.875. The van der Waals surface area contributed by atoms with E-state index in [1.807, 2.05) is 0 Å². The molecule has 4 N–H and O–H groups in total. The van der Waals surface area contributed by atoms with E-state index in [1.54, 1.807) is 0 Å². The highest BCUT2D eigenvalue weighted by Crippen LogP contribution is 2.02. The van der Waals surface area contributed by atoms with Gasteiger partial charge in [0.05, 0.1) is 7.11 Å². The summed E-state index contributed by atoms with van der Waals surface area (Å²) in [7, 11) is 1.35. The van der Waals surface area contributed by atoms with Crippen LogP contribution < -0.4 is 11.5 Å². The topological polar surface area (TPSA) is 78.3 Å². The van der Waals surface area contributed by atoms with Gasteiger partial charge >= 0.3 is 5.97 Å². The Bertz CT molecular complexity index is 128. The number of ether oxygens (including phenoxy) is 1. The molecule has 0 saturated heterocycles. The lowest BCUT2D eigenvalue weighted by Gasteiger charge is -2.07. The average Bonchev–Trinajstić information content (AvgIpc) is 2.10. The molecule has 0 aromatic heterocycles. The van der Waals surface area contributed by atoms with Crippen LogP contribution in [0.1, 0.15) is 25.7 Å². The number of hydrogen-bond donors (Lipinski definition) is 2. The second-order valence-electron chi connectivity index (χ2n) is 2.77. The van der Waals surface area contributed by atoms with Crippen LogP contribution in [0.15, 0.2) is 0 Å². The Labute approximate surface area is 73.2 Å². The summed E-state index contributed by atoms with van der Waals surface area (Å²) in [6.45, 7) is 0.702. The molecule has 0 rings (SSSR count). The molecule has 0 saturated carbocycles. The Morgan fingerprint density at radius 3 is 2.58 bits per heavy atom. The van der Waals surface area contributed by atoms with Crippen molar-refractivity contribution in [2.24, 2.45) is 11.5 Å². The first kappa shape index (κ1) is 11.4. The van der Waals surface area contributed by atoms with Crippen LogP contribution >= 0.6 is 0 Å². The molecule has 0 fully saturated rings. The molecule has 0 bridgehead atoms. The Morgan fingerprint density at radius 2 is 2.08 bits per heavy atom. The summed E-state index contributed by atoms with van der Waals surface area (Å²) < 4.78 is 4.48. The van der Waals surface area contributed by atoms with Gasteiger partial charge in [-0.15, -0.1) is 0 Å². The third-order valence-electron chi connectivity index (χ3n) is 1.72. The molecule has 0 aliphatic heterocycles. The molecule has 1 atom stereocenters. The van der Waals surface area contributed by atoms with Crippen LogP contribution in [-0.4, -0.2) is 25.7 Å². The van der Waals surface area contributed by atoms with Crippen LogP contribution in [0.3, 0.4) is 0 Å². The number of carbonyl (C=O) groups is 1. The molecular formula is C8H18N2O2. The lowest BCUT2D eigenvalue weighted by molar-refractivity contribution is -0.142. The number of carbonyl (C=O) groups excluding carboxylic acids is 1. The lowest BCUT2D eigenvalue weighted by Crippen LogP contribution is -2.31. The molecular weight excluding hydrogens is 156 g/mol. The molecule has 0 amide bonds. The molecule has 72 valence electrons. The Morgan fingerprint density at radius 1 is 1.42 bits per heavy atom. The van der Waals surface area contributed by atoms with Gasteiger partial charge in [0, 0.05) is 0 Å². The van der Waals surface area contributed by atoms with Crippen LogP contribution in [-0.2, 0) is 9.53 Å². The SMILES string of the molecule is COC(=O)C(N)CCCCCN. The van der Waals surface area contributed by atoms with E-state index in [0.29, 0.717) is 13.0 Å². The second kappa shape index (κ2) is 7.06. The molecule has 4 heteroatoms. The summed E-state index contributed by atoms with van der Waals surface area (Å²) in [5.41, 5.74) is 10.8. The molecule has 12 heavy (non-hydrogen) atoms. The van der Waals surface area contributed by atoms with Gasteiger partial charge in [0.25, 0.3) is 0 Å². The van der Waals surface area contributed by atoms with Crippen molar-refractivity contribution in [2.75, 3.05) is 13.7 Å². The highest BCUT2D eigenvalue weighted by atomic mass is 16.5. The minimum Gasteiger partial charge on any atom is -0.468 e. The van der Waals surface area contributed by atoms with Crippen molar-refractivity contribution in [3.63, 3.8) is 0 Å². The van der Waals surface area contributed by atoms with Crippen molar-refractivity contribution >= 4 is 5.97 Å². The van der Waals surface area contributed by atoms with Crippen LogP contribution in [0.25, 0.3) is 0 Å². The highest BCUT2D eigenvalue weighted by Gasteiger charge is 2.11. The molecule has 0 aliphatic carbocycles. The van der Waals surface area contributed by atoms with E-state index in [0.717, 1.165) is 19.3 Å². The quantitative estimate of drug-likeness (QED) is 0.439. The van der Waals surface area contributed by atoms with Gasteiger partial charge in [-0.3, -0.25) is 4.79 Å². The third-order valence-corrected chi connectivity index (χ3v) is 1.72. The summed E-state index contributed by atoms with van der Waals surface area (Å²) in [5, 5.41) is 0. The summed E-state index contributed by atoms with van der Waals surface area (Å²) in [6, 6.07) is -0.465. The minimum atomic E-state index is -0.465. The van der Waals surface area contributed by atoms with E-state index in [2.05, 4.69) is 4.74 Å². The molecule has 0 aromatic carbocycles. The Hall–Kier alpha value is -0.610. The first-order chi connectivity index (χ1) is 5.72. The van der Waals surface area contributed by atoms with Crippen molar-refractivity contribution in [3.05, 3.63) is 0 Å². The zero-order valence-electron chi connectivity index (χ0n) is 7.58. The third kappa shape index (κ3) is 5.09. The maximum absolute atomic E-state index is 10.8. The number of rotatable bonds is 6. The van der Waals surface area contributed by atoms with E-state index in [1.165, 1.54) is 7.11 Å². The van der Waals surface area contributed by atoms with Crippen LogP contribution in [0.5, 0.6) is 0 Å². The number of hydrogen-bond acceptors (Lipinski definition) is 4. The first-order valence-electron chi connectivity index (χ1n) is 4.26. The molecule has 4 nitrogen and oxygen atoms in total. The predicted molar refractivity (Wildman–Crippen MR) is 47.5 cm³/mol. The van der Waals surface area contributed by atoms with Gasteiger partial charge in [0.1, 0.15) is 6.04 Å². The van der Waals surface area contributed by atoms with E-state index in [4.69, 9.17) is 11.5 Å². The van der Waals surface area contributed by atoms with Gasteiger partial charge in [0.15, 0.2) is 0 Å². The molecule has 1 unspecified atom stereocenters. The first-order valence-corrected chi connectivity index (χ1v) is 4.26. The molecule has 0 spiro atoms. The average molecular weight is 174 g/mol. The Kier molecular flexibility index (Phi) is 6.70. The van der Waals surface area contributed by atoms with E-state index in [9.17, 15) is 4.79 Å². The summed E-state index contributed by atoms with van der Waals surface area (Å²) in [4.78, 5) is 10.8. The van der Waals surface area contributed by atoms with E-state index < -0.39 is 6.04 Å². The van der Waals surface area contributed by atoms with Gasteiger partial charge < -0.3 is 16.2 Å². The number of nitrogens with two attached hydrogens (primary N) is 2. The van der Waals surface area contributed by atoms with Gasteiger partial charge in [-0.25, -0.2) is 0 Å². The molecule has 0 heterocycles. The van der Waals surface area contributed by atoms with Gasteiger partial charge in [-0.2, -0.15) is 0 Å². The highest BCUT2D eigenvalue weighted by molar-refractivity contribution is 5.75. The Balaban J connectivity index is 3.31. The zero-order chi connectivity index (χ0) is 9.40. The maximum atomic E-state index is 10.8. The zero-order valence-corrected chi connectivity index (χ0v) is 7.58. The van der Waals surface area contributed by atoms with Crippen LogP contribution in [0.4, 0.5) is 0 Å². The number of methoxy groups -OCH3 is 1. The van der Waals surface area contributed by atoms with Crippen molar-refractivity contribution in [1.29, 1.82) is 0 Å². The number of unbranched alkanes of at least 4 members (excludes halogenated alkanes) is 2. The van der Waals surface area contributed by atoms with Gasteiger partial charge in [-0.05, 0) is 19.4 Å². The summed E-state index contributed by atoms with van der Waals surface area (Å²) >= 11 is 0. The van der Waals surface area contributed by atoms with Crippen LogP contribution in [0, 0.1) is 0 Å². The largest absolute Gasteiger partial charge is 0.468 e. The van der Waals surface area contributed by atoms with E-state index in [-0.39, 0.29) is 5.97 Å². The normalized spacial score (nSPS) is 12.6. The molecule has 0 aliphatic rings. The fourth-order valence-electron chi connectivity index (χ4n) is 0.955. The monoisotopic (exact) mass is 174 g/mol. The van der Waals surface area contributed by atoms with Crippen molar-refractivity contribution < 1.29 is 9.53 Å². The van der Waals surface area contributed by atoms with E-state index >= 15 is 0 Å². The van der Waals surface area contributed by atoms with Crippen LogP contribution in [0.2, 0.25) is 0 Å². The predicted octanol–water partition coefficient (Wildman–Crippen LogP) is 0.00580. The van der Waals surface area contributed by atoms with Gasteiger partial charge in [0.2, 0.25) is 0 Å². The minimum absolute atomic E-state index is 0.331. The van der Waals surface area contributed by atoms with Crippen molar-refractivity contribution in [2.45, 2.75) is 31.7 Å². The molecule has 0 aromatic rings. The van der Waals surface area contributed by atoms with Gasteiger partial charge in [-0.1, -0.05) is 12.8 Å². The lowest BCUT2D eigenvalue weighted by atomic mass is 10.1. The fourth-order valence-corrected chi connectivity index (χ4v) is 0.955. The molecule has 0 radical (unpaired) electrons. The number of esters is 1. The van der Waals surface area contributed by atoms with Crippen molar-refractivity contribution in [1.82, 2.24) is 0 Å². The summed E-state index contributed by atoms with van der Waals surface area (Å²) in [5.74, 6) is -0.331. The smallest absolute Gasteiger partial charge is 0.322 e.